The number of ether oxygens (including phenoxy) is 3. The van der Waals surface area contributed by atoms with Crippen LogP contribution in [0.5, 0.6) is 17.2 Å². The van der Waals surface area contributed by atoms with E-state index in [4.69, 9.17) is 14.2 Å². The van der Waals surface area contributed by atoms with Crippen LogP contribution in [0.1, 0.15) is 26.2 Å². The van der Waals surface area contributed by atoms with Gasteiger partial charge in [0.1, 0.15) is 0 Å². The highest BCUT2D eigenvalue weighted by atomic mass is 16.5. The summed E-state index contributed by atoms with van der Waals surface area (Å²) in [6.45, 7) is 4.22. The lowest BCUT2D eigenvalue weighted by Crippen LogP contribution is -2.34. The lowest BCUT2D eigenvalue weighted by Gasteiger charge is -2.28. The van der Waals surface area contributed by atoms with Gasteiger partial charge < -0.3 is 24.8 Å². The number of anilines is 1. The zero-order valence-corrected chi connectivity index (χ0v) is 15.0. The SMILES string of the molecule is COc1ccc(NC(=O)CC(C)C2CCCNC2)c(OC)c1OC. The van der Waals surface area contributed by atoms with E-state index in [1.54, 1.807) is 33.5 Å². The van der Waals surface area contributed by atoms with Gasteiger partial charge in [0.15, 0.2) is 11.5 Å². The van der Waals surface area contributed by atoms with Crippen molar-refractivity contribution in [3.05, 3.63) is 12.1 Å². The highest BCUT2D eigenvalue weighted by Gasteiger charge is 2.23. The van der Waals surface area contributed by atoms with Crippen molar-refractivity contribution in [1.29, 1.82) is 0 Å². The van der Waals surface area contributed by atoms with Crippen LogP contribution in [0.4, 0.5) is 5.69 Å². The molecule has 2 N–H and O–H groups in total. The van der Waals surface area contributed by atoms with E-state index in [-0.39, 0.29) is 5.91 Å². The smallest absolute Gasteiger partial charge is 0.224 e. The van der Waals surface area contributed by atoms with Crippen LogP contribution in [-0.4, -0.2) is 40.3 Å². The van der Waals surface area contributed by atoms with Crippen molar-refractivity contribution in [2.75, 3.05) is 39.7 Å². The van der Waals surface area contributed by atoms with Crippen molar-refractivity contribution >= 4 is 11.6 Å². The number of piperidine rings is 1. The highest BCUT2D eigenvalue weighted by Crippen LogP contribution is 2.42. The highest BCUT2D eigenvalue weighted by molar-refractivity contribution is 5.93. The van der Waals surface area contributed by atoms with Crippen molar-refractivity contribution in [2.45, 2.75) is 26.2 Å². The standard InChI is InChI=1S/C18H28N2O4/c1-12(13-6-5-9-19-11-13)10-16(21)20-14-7-8-15(22-2)18(24-4)17(14)23-3/h7-8,12-13,19H,5-6,9-11H2,1-4H3,(H,20,21). The number of carbonyl (C=O) groups is 1. The minimum absolute atomic E-state index is 0.0152. The maximum atomic E-state index is 12.4. The van der Waals surface area contributed by atoms with Crippen LogP contribution in [-0.2, 0) is 4.79 Å². The number of hydrogen-bond acceptors (Lipinski definition) is 5. The Hall–Kier alpha value is -1.95. The molecule has 1 aliphatic heterocycles. The first kappa shape index (κ1) is 18.4. The second kappa shape index (κ2) is 8.78. The second-order valence-electron chi connectivity index (χ2n) is 6.22. The van der Waals surface area contributed by atoms with Crippen LogP contribution in [0.3, 0.4) is 0 Å². The molecule has 2 rings (SSSR count). The third-order valence-electron chi connectivity index (χ3n) is 4.63. The fraction of sp³-hybridized carbons (Fsp3) is 0.611. The second-order valence-corrected chi connectivity index (χ2v) is 6.22. The molecule has 6 heteroatoms. The van der Waals surface area contributed by atoms with Crippen LogP contribution in [0.2, 0.25) is 0 Å². The fourth-order valence-electron chi connectivity index (χ4n) is 3.22. The van der Waals surface area contributed by atoms with E-state index in [1.165, 1.54) is 12.8 Å². The summed E-state index contributed by atoms with van der Waals surface area (Å²) in [5.74, 6) is 2.38. The van der Waals surface area contributed by atoms with Crippen LogP contribution >= 0.6 is 0 Å². The Bertz CT molecular complexity index is 556. The van der Waals surface area contributed by atoms with Crippen LogP contribution in [0.25, 0.3) is 0 Å². The quantitative estimate of drug-likeness (QED) is 0.801. The molecule has 0 aliphatic carbocycles. The molecule has 0 bridgehead atoms. The number of rotatable bonds is 7. The third kappa shape index (κ3) is 4.32. The number of methoxy groups -OCH3 is 3. The molecular formula is C18H28N2O4. The maximum Gasteiger partial charge on any atom is 0.224 e. The van der Waals surface area contributed by atoms with Gasteiger partial charge >= 0.3 is 0 Å². The van der Waals surface area contributed by atoms with Gasteiger partial charge in [0.05, 0.1) is 27.0 Å². The van der Waals surface area contributed by atoms with E-state index in [9.17, 15) is 4.79 Å². The summed E-state index contributed by atoms with van der Waals surface area (Å²) in [4.78, 5) is 12.4. The minimum atomic E-state index is -0.0152. The largest absolute Gasteiger partial charge is 0.493 e. The van der Waals surface area contributed by atoms with Crippen molar-refractivity contribution in [1.82, 2.24) is 5.32 Å². The molecule has 0 spiro atoms. The van der Waals surface area contributed by atoms with Crippen molar-refractivity contribution in [2.24, 2.45) is 11.8 Å². The molecule has 1 amide bonds. The molecule has 1 aromatic rings. The van der Waals surface area contributed by atoms with Crippen molar-refractivity contribution in [3.8, 4) is 17.2 Å². The minimum Gasteiger partial charge on any atom is -0.493 e. The monoisotopic (exact) mass is 336 g/mol. The summed E-state index contributed by atoms with van der Waals surface area (Å²) in [7, 11) is 4.66. The van der Waals surface area contributed by atoms with E-state index in [2.05, 4.69) is 17.6 Å². The molecule has 6 nitrogen and oxygen atoms in total. The van der Waals surface area contributed by atoms with Crippen LogP contribution in [0, 0.1) is 11.8 Å². The molecule has 1 aliphatic rings. The van der Waals surface area contributed by atoms with E-state index in [0.717, 1.165) is 13.1 Å². The average Bonchev–Trinajstić information content (AvgIpc) is 2.61. The number of benzene rings is 1. The van der Waals surface area contributed by atoms with Crippen LogP contribution in [0.15, 0.2) is 12.1 Å². The van der Waals surface area contributed by atoms with Crippen molar-refractivity contribution in [3.63, 3.8) is 0 Å². The van der Waals surface area contributed by atoms with Gasteiger partial charge in [-0.05, 0) is 49.9 Å². The first-order valence-corrected chi connectivity index (χ1v) is 8.40. The van der Waals surface area contributed by atoms with Crippen LogP contribution < -0.4 is 24.8 Å². The molecule has 1 aromatic carbocycles. The Morgan fingerprint density at radius 3 is 2.58 bits per heavy atom. The Morgan fingerprint density at radius 2 is 2.00 bits per heavy atom. The van der Waals surface area contributed by atoms with E-state index in [0.29, 0.717) is 41.2 Å². The molecule has 0 radical (unpaired) electrons. The van der Waals surface area contributed by atoms with Crippen molar-refractivity contribution < 1.29 is 19.0 Å². The lowest BCUT2D eigenvalue weighted by atomic mass is 9.85. The van der Waals surface area contributed by atoms with E-state index >= 15 is 0 Å². The molecule has 1 fully saturated rings. The zero-order chi connectivity index (χ0) is 17.5. The fourth-order valence-corrected chi connectivity index (χ4v) is 3.22. The summed E-state index contributed by atoms with van der Waals surface area (Å²) < 4.78 is 16.0. The first-order chi connectivity index (χ1) is 11.6. The number of carbonyl (C=O) groups excluding carboxylic acids is 1. The average molecular weight is 336 g/mol. The Morgan fingerprint density at radius 1 is 1.25 bits per heavy atom. The zero-order valence-electron chi connectivity index (χ0n) is 15.0. The van der Waals surface area contributed by atoms with Gasteiger partial charge in [0.2, 0.25) is 11.7 Å². The van der Waals surface area contributed by atoms with E-state index < -0.39 is 0 Å². The molecule has 1 heterocycles. The van der Waals surface area contributed by atoms with Gasteiger partial charge in [-0.1, -0.05) is 6.92 Å². The summed E-state index contributed by atoms with van der Waals surface area (Å²) >= 11 is 0. The summed E-state index contributed by atoms with van der Waals surface area (Å²) in [5.41, 5.74) is 0.592. The van der Waals surface area contributed by atoms with Gasteiger partial charge in [-0.15, -0.1) is 0 Å². The summed E-state index contributed by atoms with van der Waals surface area (Å²) in [5, 5.41) is 6.34. The predicted molar refractivity (Wildman–Crippen MR) is 94.1 cm³/mol. The summed E-state index contributed by atoms with van der Waals surface area (Å²) in [6, 6.07) is 3.52. The Labute approximate surface area is 143 Å². The predicted octanol–water partition coefficient (Wildman–Crippen LogP) is 2.68. The Balaban J connectivity index is 2.05. The molecule has 1 saturated heterocycles. The van der Waals surface area contributed by atoms with Gasteiger partial charge in [0, 0.05) is 6.42 Å². The molecule has 134 valence electrons. The normalized spacial score (nSPS) is 18.6. The lowest BCUT2D eigenvalue weighted by molar-refractivity contribution is -0.117. The Kier molecular flexibility index (Phi) is 6.73. The van der Waals surface area contributed by atoms with Gasteiger partial charge in [-0.25, -0.2) is 0 Å². The summed E-state index contributed by atoms with van der Waals surface area (Å²) in [6.07, 6.45) is 2.85. The van der Waals surface area contributed by atoms with Gasteiger partial charge in [-0.2, -0.15) is 0 Å². The number of nitrogens with one attached hydrogen (secondary N) is 2. The topological polar surface area (TPSA) is 68.8 Å². The molecule has 0 saturated carbocycles. The van der Waals surface area contributed by atoms with Gasteiger partial charge in [0.25, 0.3) is 0 Å². The molecule has 2 unspecified atom stereocenters. The first-order valence-electron chi connectivity index (χ1n) is 8.40. The van der Waals surface area contributed by atoms with E-state index in [1.807, 2.05) is 0 Å². The number of hydrogen-bond donors (Lipinski definition) is 2. The molecular weight excluding hydrogens is 308 g/mol. The number of amides is 1. The maximum absolute atomic E-state index is 12.4. The third-order valence-corrected chi connectivity index (χ3v) is 4.63. The molecule has 2 atom stereocenters. The molecule has 0 aromatic heterocycles. The molecule has 24 heavy (non-hydrogen) atoms. The van der Waals surface area contributed by atoms with Gasteiger partial charge in [-0.3, -0.25) is 4.79 Å².